The van der Waals surface area contributed by atoms with Crippen LogP contribution in [0, 0.1) is 0 Å². The van der Waals surface area contributed by atoms with E-state index in [1.54, 1.807) is 7.11 Å². The molecule has 0 aromatic heterocycles. The molecule has 0 amide bonds. The Morgan fingerprint density at radius 2 is 2.06 bits per heavy atom. The fraction of sp³-hybridized carbons (Fsp3) is 0.917. The summed E-state index contributed by atoms with van der Waals surface area (Å²) in [7, 11) is 2.99. The second kappa shape index (κ2) is 10.5. The van der Waals surface area contributed by atoms with E-state index in [1.807, 2.05) is 0 Å². The van der Waals surface area contributed by atoms with Crippen LogP contribution in [0.25, 0.3) is 0 Å². The maximum absolute atomic E-state index is 11.6. The number of aliphatic hydroxyl groups excluding tert-OH is 1. The van der Waals surface area contributed by atoms with Gasteiger partial charge in [0.2, 0.25) is 0 Å². The fourth-order valence-corrected chi connectivity index (χ4v) is 1.68. The van der Waals surface area contributed by atoms with Crippen LogP contribution in [-0.2, 0) is 14.3 Å². The molecule has 0 bridgehead atoms. The van der Waals surface area contributed by atoms with E-state index < -0.39 is 0 Å². The Balaban J connectivity index is 4.29. The third-order valence-corrected chi connectivity index (χ3v) is 2.61. The summed E-state index contributed by atoms with van der Waals surface area (Å²) >= 11 is 0. The fourth-order valence-electron chi connectivity index (χ4n) is 1.68. The van der Waals surface area contributed by atoms with Gasteiger partial charge in [-0.1, -0.05) is 19.8 Å². The topological polar surface area (TPSA) is 67.8 Å². The summed E-state index contributed by atoms with van der Waals surface area (Å²) in [6.45, 7) is 2.62. The number of carbonyl (C=O) groups is 1. The lowest BCUT2D eigenvalue weighted by atomic mass is 10.1. The van der Waals surface area contributed by atoms with E-state index in [0.29, 0.717) is 13.0 Å². The van der Waals surface area contributed by atoms with Crippen molar-refractivity contribution in [2.75, 3.05) is 27.4 Å². The normalized spacial score (nSPS) is 14.4. The molecule has 2 N–H and O–H groups in total. The number of aliphatic hydroxyl groups is 1. The summed E-state index contributed by atoms with van der Waals surface area (Å²) in [6.07, 6.45) is 3.30. The number of unbranched alkanes of at least 4 members (excludes halogenated alkanes) is 1. The van der Waals surface area contributed by atoms with Gasteiger partial charge in [-0.15, -0.1) is 0 Å². The molecule has 5 heteroatoms. The first-order valence-electron chi connectivity index (χ1n) is 6.13. The molecule has 0 aliphatic rings. The first-order chi connectivity index (χ1) is 8.19. The van der Waals surface area contributed by atoms with Gasteiger partial charge in [0.25, 0.3) is 0 Å². The van der Waals surface area contributed by atoms with Crippen LogP contribution in [0.15, 0.2) is 0 Å². The summed E-state index contributed by atoms with van der Waals surface area (Å²) < 4.78 is 9.81. The Morgan fingerprint density at radius 3 is 2.53 bits per heavy atom. The monoisotopic (exact) mass is 247 g/mol. The zero-order chi connectivity index (χ0) is 13.1. The van der Waals surface area contributed by atoms with Crippen molar-refractivity contribution >= 4 is 5.97 Å². The Hall–Kier alpha value is -0.650. The van der Waals surface area contributed by atoms with E-state index in [9.17, 15) is 4.79 Å². The van der Waals surface area contributed by atoms with Crippen LogP contribution in [0.1, 0.15) is 32.6 Å². The van der Waals surface area contributed by atoms with Crippen molar-refractivity contribution in [2.24, 2.45) is 0 Å². The Kier molecular flexibility index (Phi) is 10.1. The molecule has 0 aromatic carbocycles. The van der Waals surface area contributed by atoms with E-state index in [1.165, 1.54) is 7.11 Å². The lowest BCUT2D eigenvalue weighted by Crippen LogP contribution is -2.46. The number of ether oxygens (including phenoxy) is 2. The smallest absolute Gasteiger partial charge is 0.322 e. The van der Waals surface area contributed by atoms with Gasteiger partial charge in [-0.2, -0.15) is 0 Å². The predicted molar refractivity (Wildman–Crippen MR) is 65.8 cm³/mol. The Labute approximate surface area is 103 Å². The quantitative estimate of drug-likeness (QED) is 0.556. The molecule has 0 fully saturated rings. The van der Waals surface area contributed by atoms with Crippen molar-refractivity contribution in [1.82, 2.24) is 5.32 Å². The number of hydrogen-bond donors (Lipinski definition) is 2. The van der Waals surface area contributed by atoms with E-state index in [2.05, 4.69) is 12.2 Å². The molecule has 2 atom stereocenters. The number of esters is 1. The average molecular weight is 247 g/mol. The first-order valence-corrected chi connectivity index (χ1v) is 6.13. The number of hydrogen-bond acceptors (Lipinski definition) is 5. The third kappa shape index (κ3) is 7.31. The first kappa shape index (κ1) is 16.4. The molecular formula is C12H25NO4. The molecular weight excluding hydrogens is 222 g/mol. The zero-order valence-electron chi connectivity index (χ0n) is 11.1. The van der Waals surface area contributed by atoms with Gasteiger partial charge in [0.05, 0.1) is 13.7 Å². The molecule has 5 nitrogen and oxygen atoms in total. The lowest BCUT2D eigenvalue weighted by Gasteiger charge is -2.23. The van der Waals surface area contributed by atoms with Gasteiger partial charge in [-0.05, 0) is 12.8 Å². The molecule has 102 valence electrons. The van der Waals surface area contributed by atoms with Crippen molar-refractivity contribution in [3.8, 4) is 0 Å². The lowest BCUT2D eigenvalue weighted by molar-refractivity contribution is -0.143. The summed E-state index contributed by atoms with van der Waals surface area (Å²) in [6, 6.07) is -0.336. The summed E-state index contributed by atoms with van der Waals surface area (Å²) in [4.78, 5) is 11.6. The van der Waals surface area contributed by atoms with E-state index >= 15 is 0 Å². The molecule has 0 aromatic rings. The van der Waals surface area contributed by atoms with Gasteiger partial charge in [0, 0.05) is 19.8 Å². The molecule has 0 saturated heterocycles. The second-order valence-electron chi connectivity index (χ2n) is 4.05. The minimum atomic E-state index is -0.313. The molecule has 17 heavy (non-hydrogen) atoms. The van der Waals surface area contributed by atoms with Crippen LogP contribution < -0.4 is 5.32 Å². The maximum Gasteiger partial charge on any atom is 0.322 e. The van der Waals surface area contributed by atoms with E-state index in [0.717, 1.165) is 19.3 Å². The van der Waals surface area contributed by atoms with Crippen molar-refractivity contribution in [1.29, 1.82) is 0 Å². The number of nitrogens with one attached hydrogen (secondary N) is 1. The minimum absolute atomic E-state index is 0.0223. The van der Waals surface area contributed by atoms with Gasteiger partial charge < -0.3 is 14.6 Å². The molecule has 0 spiro atoms. The number of carbonyl (C=O) groups excluding carboxylic acids is 1. The van der Waals surface area contributed by atoms with E-state index in [4.69, 9.17) is 14.6 Å². The number of methoxy groups -OCH3 is 2. The van der Waals surface area contributed by atoms with Crippen molar-refractivity contribution < 1.29 is 19.4 Å². The maximum atomic E-state index is 11.6. The van der Waals surface area contributed by atoms with Crippen LogP contribution in [0.4, 0.5) is 0 Å². The van der Waals surface area contributed by atoms with Crippen molar-refractivity contribution in [3.05, 3.63) is 0 Å². The predicted octanol–water partition coefficient (Wildman–Crippen LogP) is 0.705. The zero-order valence-corrected chi connectivity index (χ0v) is 11.1. The van der Waals surface area contributed by atoms with Gasteiger partial charge in [0.1, 0.15) is 6.04 Å². The Morgan fingerprint density at radius 1 is 1.35 bits per heavy atom. The van der Waals surface area contributed by atoms with Crippen LogP contribution in [0.5, 0.6) is 0 Å². The molecule has 0 heterocycles. The molecule has 0 radical (unpaired) electrons. The van der Waals surface area contributed by atoms with Gasteiger partial charge in [-0.3, -0.25) is 10.1 Å². The highest BCUT2D eigenvalue weighted by Gasteiger charge is 2.21. The van der Waals surface area contributed by atoms with Gasteiger partial charge in [0.15, 0.2) is 0 Å². The van der Waals surface area contributed by atoms with Crippen molar-refractivity contribution in [2.45, 2.75) is 44.7 Å². The highest BCUT2D eigenvalue weighted by molar-refractivity contribution is 5.75. The Bertz CT molecular complexity index is 193. The summed E-state index contributed by atoms with van der Waals surface area (Å²) in [5.74, 6) is -0.252. The standard InChI is InChI=1S/C12H25NO4/c1-4-5-6-11(12(15)17-3)13-10(7-8-14)9-16-2/h10-11,13-14H,4-9H2,1-3H3. The van der Waals surface area contributed by atoms with Crippen LogP contribution in [0.2, 0.25) is 0 Å². The second-order valence-corrected chi connectivity index (χ2v) is 4.05. The molecule has 2 unspecified atom stereocenters. The molecule has 0 aliphatic heterocycles. The highest BCUT2D eigenvalue weighted by atomic mass is 16.5. The van der Waals surface area contributed by atoms with Crippen LogP contribution >= 0.6 is 0 Å². The van der Waals surface area contributed by atoms with Crippen LogP contribution in [0.3, 0.4) is 0 Å². The van der Waals surface area contributed by atoms with Gasteiger partial charge >= 0.3 is 5.97 Å². The number of rotatable bonds is 10. The molecule has 0 rings (SSSR count). The van der Waals surface area contributed by atoms with Crippen molar-refractivity contribution in [3.63, 3.8) is 0 Å². The van der Waals surface area contributed by atoms with E-state index in [-0.39, 0.29) is 24.7 Å². The molecule has 0 aliphatic carbocycles. The average Bonchev–Trinajstić information content (AvgIpc) is 2.33. The minimum Gasteiger partial charge on any atom is -0.468 e. The molecule has 0 saturated carbocycles. The van der Waals surface area contributed by atoms with Gasteiger partial charge in [-0.25, -0.2) is 0 Å². The largest absolute Gasteiger partial charge is 0.468 e. The summed E-state index contributed by atoms with van der Waals surface area (Å²) in [5.41, 5.74) is 0. The highest BCUT2D eigenvalue weighted by Crippen LogP contribution is 2.05. The summed E-state index contributed by atoms with van der Waals surface area (Å²) in [5, 5.41) is 12.1. The van der Waals surface area contributed by atoms with Crippen LogP contribution in [-0.4, -0.2) is 50.6 Å². The SMILES string of the molecule is CCCCC(NC(CCO)COC)C(=O)OC. The third-order valence-electron chi connectivity index (χ3n) is 2.61.